The van der Waals surface area contributed by atoms with Gasteiger partial charge in [0.2, 0.25) is 0 Å². The van der Waals surface area contributed by atoms with Gasteiger partial charge in [-0.1, -0.05) is 39.0 Å². The van der Waals surface area contributed by atoms with Gasteiger partial charge in [0, 0.05) is 31.4 Å². The third-order valence-electron chi connectivity index (χ3n) is 5.19. The Hall–Kier alpha value is -0.870. The predicted octanol–water partition coefficient (Wildman–Crippen LogP) is 3.27. The van der Waals surface area contributed by atoms with Crippen molar-refractivity contribution in [3.63, 3.8) is 0 Å². The lowest BCUT2D eigenvalue weighted by Crippen LogP contribution is -2.44. The van der Waals surface area contributed by atoms with E-state index in [9.17, 15) is 0 Å². The Morgan fingerprint density at radius 2 is 2.10 bits per heavy atom. The molecule has 0 aliphatic heterocycles. The van der Waals surface area contributed by atoms with Crippen LogP contribution in [0, 0.1) is 11.8 Å². The van der Waals surface area contributed by atoms with Gasteiger partial charge in [-0.2, -0.15) is 0 Å². The molecule has 1 heterocycles. The highest BCUT2D eigenvalue weighted by Gasteiger charge is 2.27. The zero-order valence-electron chi connectivity index (χ0n) is 13.7. The predicted molar refractivity (Wildman–Crippen MR) is 87.7 cm³/mol. The Morgan fingerprint density at radius 1 is 1.33 bits per heavy atom. The average Bonchev–Trinajstić information content (AvgIpc) is 2.98. The summed E-state index contributed by atoms with van der Waals surface area (Å²) in [7, 11) is 0. The summed E-state index contributed by atoms with van der Waals surface area (Å²) in [6.45, 7) is 5.43. The van der Waals surface area contributed by atoms with Crippen molar-refractivity contribution in [2.45, 2.75) is 77.8 Å². The first-order valence-electron chi connectivity index (χ1n) is 8.74. The second kappa shape index (κ2) is 8.54. The van der Waals surface area contributed by atoms with E-state index in [2.05, 4.69) is 35.0 Å². The standard InChI is InChI=1S/C17H32N4/c1-3-5-6-14-7-9-15(10-8-14)16(20-18)13-17-19-11-12-21(17)4-2/h11-12,14-16,20H,3-10,13,18H2,1-2H3. The number of aryl methyl sites for hydroxylation is 1. The Labute approximate surface area is 129 Å². The smallest absolute Gasteiger partial charge is 0.110 e. The van der Waals surface area contributed by atoms with E-state index in [0.29, 0.717) is 12.0 Å². The van der Waals surface area contributed by atoms with E-state index < -0.39 is 0 Å². The number of imidazole rings is 1. The van der Waals surface area contributed by atoms with Gasteiger partial charge in [-0.3, -0.25) is 11.3 Å². The maximum Gasteiger partial charge on any atom is 0.110 e. The minimum atomic E-state index is 0.366. The molecule has 1 aliphatic carbocycles. The Bertz CT molecular complexity index is 393. The molecule has 21 heavy (non-hydrogen) atoms. The van der Waals surface area contributed by atoms with Crippen LogP contribution < -0.4 is 11.3 Å². The molecule has 4 heteroatoms. The normalized spacial score (nSPS) is 24.1. The van der Waals surface area contributed by atoms with Crippen LogP contribution in [-0.2, 0) is 13.0 Å². The van der Waals surface area contributed by atoms with Crippen LogP contribution in [0.15, 0.2) is 12.4 Å². The van der Waals surface area contributed by atoms with Crippen molar-refractivity contribution >= 4 is 0 Å². The molecule has 0 amide bonds. The minimum Gasteiger partial charge on any atom is -0.335 e. The number of unbranched alkanes of at least 4 members (excludes halogenated alkanes) is 1. The summed E-state index contributed by atoms with van der Waals surface area (Å²) in [5.74, 6) is 8.66. The number of hydrazine groups is 1. The molecule has 1 fully saturated rings. The number of nitrogens with zero attached hydrogens (tertiary/aromatic N) is 2. The molecule has 0 radical (unpaired) electrons. The van der Waals surface area contributed by atoms with E-state index in [1.165, 1.54) is 44.9 Å². The molecule has 2 rings (SSSR count). The first-order chi connectivity index (χ1) is 10.3. The van der Waals surface area contributed by atoms with Gasteiger partial charge in [0.1, 0.15) is 5.82 Å². The number of nitrogens with one attached hydrogen (secondary N) is 1. The summed E-state index contributed by atoms with van der Waals surface area (Å²) < 4.78 is 2.22. The molecule has 1 aromatic heterocycles. The highest BCUT2D eigenvalue weighted by atomic mass is 15.2. The number of hydrogen-bond acceptors (Lipinski definition) is 3. The Morgan fingerprint density at radius 3 is 2.71 bits per heavy atom. The lowest BCUT2D eigenvalue weighted by molar-refractivity contribution is 0.209. The number of hydrogen-bond donors (Lipinski definition) is 2. The van der Waals surface area contributed by atoms with Crippen LogP contribution in [0.3, 0.4) is 0 Å². The molecule has 0 spiro atoms. The molecule has 0 aromatic carbocycles. The van der Waals surface area contributed by atoms with Crippen LogP contribution in [-0.4, -0.2) is 15.6 Å². The summed E-state index contributed by atoms with van der Waals surface area (Å²) in [6.07, 6.45) is 14.4. The van der Waals surface area contributed by atoms with Crippen LogP contribution in [0.5, 0.6) is 0 Å². The van der Waals surface area contributed by atoms with Gasteiger partial charge in [0.15, 0.2) is 0 Å². The summed E-state index contributed by atoms with van der Waals surface area (Å²) in [4.78, 5) is 4.49. The second-order valence-corrected chi connectivity index (χ2v) is 6.53. The molecule has 0 bridgehead atoms. The molecular formula is C17H32N4. The Kier molecular flexibility index (Phi) is 6.71. The van der Waals surface area contributed by atoms with Crippen LogP contribution in [0.1, 0.15) is 64.6 Å². The average molecular weight is 292 g/mol. The zero-order chi connectivity index (χ0) is 15.1. The first-order valence-corrected chi connectivity index (χ1v) is 8.74. The van der Waals surface area contributed by atoms with E-state index in [-0.39, 0.29) is 0 Å². The van der Waals surface area contributed by atoms with Gasteiger partial charge in [-0.25, -0.2) is 4.98 Å². The maximum atomic E-state index is 5.84. The summed E-state index contributed by atoms with van der Waals surface area (Å²) in [6, 6.07) is 0.366. The fourth-order valence-corrected chi connectivity index (χ4v) is 3.75. The third-order valence-corrected chi connectivity index (χ3v) is 5.19. The molecule has 120 valence electrons. The second-order valence-electron chi connectivity index (χ2n) is 6.53. The van der Waals surface area contributed by atoms with Crippen molar-refractivity contribution < 1.29 is 0 Å². The topological polar surface area (TPSA) is 55.9 Å². The van der Waals surface area contributed by atoms with Gasteiger partial charge in [0.05, 0.1) is 0 Å². The number of rotatable bonds is 8. The van der Waals surface area contributed by atoms with Crippen molar-refractivity contribution in [1.82, 2.24) is 15.0 Å². The van der Waals surface area contributed by atoms with Crippen molar-refractivity contribution in [3.05, 3.63) is 18.2 Å². The fourth-order valence-electron chi connectivity index (χ4n) is 3.75. The molecule has 4 nitrogen and oxygen atoms in total. The van der Waals surface area contributed by atoms with Crippen LogP contribution in [0.25, 0.3) is 0 Å². The Balaban J connectivity index is 1.85. The molecule has 1 unspecified atom stereocenters. The molecular weight excluding hydrogens is 260 g/mol. The first kappa shape index (κ1) is 16.5. The summed E-state index contributed by atoms with van der Waals surface area (Å²) in [5, 5.41) is 0. The molecule has 3 N–H and O–H groups in total. The highest BCUT2D eigenvalue weighted by Crippen LogP contribution is 2.34. The van der Waals surface area contributed by atoms with E-state index in [0.717, 1.165) is 24.7 Å². The minimum absolute atomic E-state index is 0.366. The monoisotopic (exact) mass is 292 g/mol. The summed E-state index contributed by atoms with van der Waals surface area (Å²) in [5.41, 5.74) is 3.07. The molecule has 1 aromatic rings. The lowest BCUT2D eigenvalue weighted by Gasteiger charge is -2.33. The van der Waals surface area contributed by atoms with Crippen LogP contribution in [0.4, 0.5) is 0 Å². The highest BCUT2D eigenvalue weighted by molar-refractivity contribution is 4.97. The number of nitrogens with two attached hydrogens (primary N) is 1. The summed E-state index contributed by atoms with van der Waals surface area (Å²) >= 11 is 0. The van der Waals surface area contributed by atoms with Crippen LogP contribution >= 0.6 is 0 Å². The molecule has 1 saturated carbocycles. The number of aromatic nitrogens is 2. The van der Waals surface area contributed by atoms with Crippen molar-refractivity contribution in [2.75, 3.05) is 0 Å². The third kappa shape index (κ3) is 4.55. The maximum absolute atomic E-state index is 5.84. The van der Waals surface area contributed by atoms with Crippen LogP contribution in [0.2, 0.25) is 0 Å². The molecule has 0 saturated heterocycles. The van der Waals surface area contributed by atoms with Crippen molar-refractivity contribution in [3.8, 4) is 0 Å². The SMILES string of the molecule is CCCCC1CCC(C(Cc2nccn2CC)NN)CC1. The van der Waals surface area contributed by atoms with Gasteiger partial charge in [0.25, 0.3) is 0 Å². The van der Waals surface area contributed by atoms with E-state index in [4.69, 9.17) is 5.84 Å². The molecule has 1 aliphatic rings. The molecule has 1 atom stereocenters. The van der Waals surface area contributed by atoms with Gasteiger partial charge < -0.3 is 4.57 Å². The fraction of sp³-hybridized carbons (Fsp3) is 0.824. The van der Waals surface area contributed by atoms with Crippen molar-refractivity contribution in [2.24, 2.45) is 17.7 Å². The lowest BCUT2D eigenvalue weighted by atomic mass is 9.76. The van der Waals surface area contributed by atoms with Gasteiger partial charge in [-0.05, 0) is 31.6 Å². The van der Waals surface area contributed by atoms with E-state index in [1.807, 2.05) is 6.20 Å². The quantitative estimate of drug-likeness (QED) is 0.571. The van der Waals surface area contributed by atoms with E-state index >= 15 is 0 Å². The largest absolute Gasteiger partial charge is 0.335 e. The van der Waals surface area contributed by atoms with Crippen molar-refractivity contribution in [1.29, 1.82) is 0 Å². The van der Waals surface area contributed by atoms with Gasteiger partial charge >= 0.3 is 0 Å². The van der Waals surface area contributed by atoms with E-state index in [1.54, 1.807) is 0 Å². The zero-order valence-corrected chi connectivity index (χ0v) is 13.7. The van der Waals surface area contributed by atoms with Gasteiger partial charge in [-0.15, -0.1) is 0 Å².